The Labute approximate surface area is 130 Å². The normalized spacial score (nSPS) is 11.0. The highest BCUT2D eigenvalue weighted by molar-refractivity contribution is 7.80. The number of rotatable bonds is 3. The molecular formula is C18H18N2S. The molecule has 2 N–H and O–H groups in total. The van der Waals surface area contributed by atoms with Crippen molar-refractivity contribution in [3.63, 3.8) is 0 Å². The number of nitrogens with two attached hydrogens (primary N) is 1. The van der Waals surface area contributed by atoms with E-state index in [-0.39, 0.29) is 0 Å². The van der Waals surface area contributed by atoms with E-state index in [1.54, 1.807) is 0 Å². The lowest BCUT2D eigenvalue weighted by Crippen LogP contribution is -2.09. The van der Waals surface area contributed by atoms with E-state index >= 15 is 0 Å². The topological polar surface area (TPSA) is 30.9 Å². The zero-order valence-corrected chi connectivity index (χ0v) is 13.1. The number of hydrogen-bond donors (Lipinski definition) is 1. The maximum absolute atomic E-state index is 5.74. The molecule has 1 heterocycles. The van der Waals surface area contributed by atoms with E-state index in [1.807, 2.05) is 6.07 Å². The van der Waals surface area contributed by atoms with Crippen LogP contribution in [0.5, 0.6) is 0 Å². The fourth-order valence-corrected chi connectivity index (χ4v) is 2.96. The molecule has 0 radical (unpaired) electrons. The van der Waals surface area contributed by atoms with Gasteiger partial charge in [0.25, 0.3) is 0 Å². The van der Waals surface area contributed by atoms with Gasteiger partial charge in [-0.25, -0.2) is 0 Å². The fourth-order valence-electron chi connectivity index (χ4n) is 2.83. The minimum Gasteiger partial charge on any atom is -0.389 e. The van der Waals surface area contributed by atoms with Gasteiger partial charge in [0.05, 0.1) is 0 Å². The summed E-state index contributed by atoms with van der Waals surface area (Å²) in [5, 5.41) is 1.21. The Kier molecular flexibility index (Phi) is 3.52. The Morgan fingerprint density at radius 1 is 1.05 bits per heavy atom. The van der Waals surface area contributed by atoms with Crippen LogP contribution in [-0.2, 0) is 6.54 Å². The Morgan fingerprint density at radius 2 is 1.76 bits per heavy atom. The molecule has 0 bridgehead atoms. The summed E-state index contributed by atoms with van der Waals surface area (Å²) in [4.78, 5) is 0.441. The lowest BCUT2D eigenvalue weighted by molar-refractivity contribution is 0.834. The summed E-state index contributed by atoms with van der Waals surface area (Å²) in [6.45, 7) is 5.12. The summed E-state index contributed by atoms with van der Waals surface area (Å²) < 4.78 is 2.24. The second kappa shape index (κ2) is 5.34. The summed E-state index contributed by atoms with van der Waals surface area (Å²) in [6, 6.07) is 14.9. The highest BCUT2D eigenvalue weighted by Crippen LogP contribution is 2.20. The van der Waals surface area contributed by atoms with Gasteiger partial charge in [0.15, 0.2) is 0 Å². The lowest BCUT2D eigenvalue weighted by Gasteiger charge is -2.09. The smallest absolute Gasteiger partial charge is 0.104 e. The van der Waals surface area contributed by atoms with Gasteiger partial charge >= 0.3 is 0 Å². The van der Waals surface area contributed by atoms with Crippen LogP contribution in [0, 0.1) is 13.8 Å². The van der Waals surface area contributed by atoms with Crippen LogP contribution < -0.4 is 5.73 Å². The SMILES string of the molecule is Cc1cc(C)cc(Cn2ccc3ccc(C(N)=S)cc32)c1. The van der Waals surface area contributed by atoms with Gasteiger partial charge in [-0.1, -0.05) is 53.7 Å². The molecule has 0 spiro atoms. The number of fused-ring (bicyclic) bond motifs is 1. The van der Waals surface area contributed by atoms with Crippen LogP contribution in [0.25, 0.3) is 10.9 Å². The summed E-state index contributed by atoms with van der Waals surface area (Å²) in [6.07, 6.45) is 2.12. The molecule has 3 rings (SSSR count). The number of nitrogens with zero attached hydrogens (tertiary/aromatic N) is 1. The van der Waals surface area contributed by atoms with Crippen LogP contribution in [-0.4, -0.2) is 9.56 Å². The lowest BCUT2D eigenvalue weighted by atomic mass is 10.1. The Hall–Kier alpha value is -2.13. The fraction of sp³-hybridized carbons (Fsp3) is 0.167. The molecule has 0 aliphatic carbocycles. The Bertz CT molecular complexity index is 810. The predicted molar refractivity (Wildman–Crippen MR) is 92.8 cm³/mol. The third-order valence-electron chi connectivity index (χ3n) is 3.69. The molecule has 3 heteroatoms. The largest absolute Gasteiger partial charge is 0.389 e. The second-order valence-corrected chi connectivity index (χ2v) is 6.02. The first-order chi connectivity index (χ1) is 10.0. The van der Waals surface area contributed by atoms with Crippen molar-refractivity contribution in [2.75, 3.05) is 0 Å². The van der Waals surface area contributed by atoms with Gasteiger partial charge in [-0.2, -0.15) is 0 Å². The first kappa shape index (κ1) is 13.8. The van der Waals surface area contributed by atoms with E-state index in [0.29, 0.717) is 4.99 Å². The average molecular weight is 294 g/mol. The highest BCUT2D eigenvalue weighted by atomic mass is 32.1. The first-order valence-electron chi connectivity index (χ1n) is 6.99. The van der Waals surface area contributed by atoms with E-state index in [2.05, 4.69) is 61.0 Å². The number of hydrogen-bond acceptors (Lipinski definition) is 1. The minimum absolute atomic E-state index is 0.441. The molecule has 106 valence electrons. The van der Waals surface area contributed by atoms with E-state index in [1.165, 1.54) is 27.6 Å². The monoisotopic (exact) mass is 294 g/mol. The molecule has 0 amide bonds. The molecule has 3 aromatic rings. The van der Waals surface area contributed by atoms with Crippen LogP contribution in [0.15, 0.2) is 48.7 Å². The second-order valence-electron chi connectivity index (χ2n) is 5.58. The van der Waals surface area contributed by atoms with E-state index in [0.717, 1.165) is 12.1 Å². The summed E-state index contributed by atoms with van der Waals surface area (Å²) in [5.41, 5.74) is 11.7. The summed E-state index contributed by atoms with van der Waals surface area (Å²) >= 11 is 5.07. The predicted octanol–water partition coefficient (Wildman–Crippen LogP) is 3.94. The Morgan fingerprint density at radius 3 is 2.43 bits per heavy atom. The van der Waals surface area contributed by atoms with Gasteiger partial charge < -0.3 is 10.3 Å². The minimum atomic E-state index is 0.441. The van der Waals surface area contributed by atoms with Crippen molar-refractivity contribution in [3.8, 4) is 0 Å². The van der Waals surface area contributed by atoms with Gasteiger partial charge in [-0.15, -0.1) is 0 Å². The summed E-state index contributed by atoms with van der Waals surface area (Å²) in [5.74, 6) is 0. The highest BCUT2D eigenvalue weighted by Gasteiger charge is 2.05. The summed E-state index contributed by atoms with van der Waals surface area (Å²) in [7, 11) is 0. The molecule has 0 saturated carbocycles. The molecule has 2 nitrogen and oxygen atoms in total. The van der Waals surface area contributed by atoms with Crippen LogP contribution in [0.4, 0.5) is 0 Å². The molecular weight excluding hydrogens is 276 g/mol. The van der Waals surface area contributed by atoms with Crippen molar-refractivity contribution < 1.29 is 0 Å². The zero-order valence-electron chi connectivity index (χ0n) is 12.3. The molecule has 0 fully saturated rings. The number of aryl methyl sites for hydroxylation is 2. The zero-order chi connectivity index (χ0) is 15.0. The quantitative estimate of drug-likeness (QED) is 0.742. The first-order valence-corrected chi connectivity index (χ1v) is 7.39. The number of benzene rings is 2. The third kappa shape index (κ3) is 2.83. The standard InChI is InChI=1S/C18H18N2S/c1-12-7-13(2)9-14(8-12)11-20-6-5-15-3-4-16(18(19)21)10-17(15)20/h3-10H,11H2,1-2H3,(H2,19,21). The van der Waals surface area contributed by atoms with E-state index < -0.39 is 0 Å². The van der Waals surface area contributed by atoms with Crippen molar-refractivity contribution in [1.82, 2.24) is 4.57 Å². The van der Waals surface area contributed by atoms with Crippen LogP contribution >= 0.6 is 12.2 Å². The maximum atomic E-state index is 5.74. The van der Waals surface area contributed by atoms with Crippen molar-refractivity contribution in [3.05, 3.63) is 70.9 Å². The van der Waals surface area contributed by atoms with Crippen molar-refractivity contribution >= 4 is 28.1 Å². The van der Waals surface area contributed by atoms with Gasteiger partial charge in [0.1, 0.15) is 4.99 Å². The van der Waals surface area contributed by atoms with Gasteiger partial charge in [-0.05, 0) is 36.9 Å². The molecule has 2 aromatic carbocycles. The molecule has 0 aliphatic rings. The van der Waals surface area contributed by atoms with Crippen LogP contribution in [0.3, 0.4) is 0 Å². The van der Waals surface area contributed by atoms with E-state index in [4.69, 9.17) is 18.0 Å². The number of aromatic nitrogens is 1. The Balaban J connectivity index is 2.03. The van der Waals surface area contributed by atoms with Crippen molar-refractivity contribution in [2.24, 2.45) is 5.73 Å². The molecule has 21 heavy (non-hydrogen) atoms. The van der Waals surface area contributed by atoms with Gasteiger partial charge in [-0.3, -0.25) is 0 Å². The molecule has 0 aliphatic heterocycles. The third-order valence-corrected chi connectivity index (χ3v) is 3.93. The average Bonchev–Trinajstić information content (AvgIpc) is 2.80. The maximum Gasteiger partial charge on any atom is 0.104 e. The molecule has 1 aromatic heterocycles. The molecule has 0 unspecified atom stereocenters. The van der Waals surface area contributed by atoms with Gasteiger partial charge in [0.2, 0.25) is 0 Å². The molecule has 0 atom stereocenters. The van der Waals surface area contributed by atoms with Crippen LogP contribution in [0.1, 0.15) is 22.3 Å². The van der Waals surface area contributed by atoms with Crippen molar-refractivity contribution in [1.29, 1.82) is 0 Å². The molecule has 0 saturated heterocycles. The van der Waals surface area contributed by atoms with Crippen LogP contribution in [0.2, 0.25) is 0 Å². The number of thiocarbonyl (C=S) groups is 1. The van der Waals surface area contributed by atoms with E-state index in [9.17, 15) is 0 Å². The van der Waals surface area contributed by atoms with Crippen molar-refractivity contribution in [2.45, 2.75) is 20.4 Å². The van der Waals surface area contributed by atoms with Gasteiger partial charge in [0, 0.05) is 23.8 Å².